The lowest BCUT2D eigenvalue weighted by Gasteiger charge is -2.20. The molecule has 2 N–H and O–H groups in total. The summed E-state index contributed by atoms with van der Waals surface area (Å²) in [6, 6.07) is 0. The fraction of sp³-hybridized carbons (Fsp3) is 0.889. The highest BCUT2D eigenvalue weighted by atomic mass is 16.5. The summed E-state index contributed by atoms with van der Waals surface area (Å²) in [6.45, 7) is 2.31. The van der Waals surface area contributed by atoms with Crippen molar-refractivity contribution in [3.63, 3.8) is 0 Å². The van der Waals surface area contributed by atoms with Crippen molar-refractivity contribution in [1.29, 1.82) is 0 Å². The van der Waals surface area contributed by atoms with Gasteiger partial charge in [-0.25, -0.2) is 0 Å². The molecule has 2 aliphatic rings. The molecule has 0 radical (unpaired) electrons. The largest absolute Gasteiger partial charge is 0.466 e. The number of hydrogen-bond acceptors (Lipinski definition) is 3. The zero-order chi connectivity index (χ0) is 8.82. The Labute approximate surface area is 72.3 Å². The van der Waals surface area contributed by atoms with Crippen molar-refractivity contribution in [2.24, 2.45) is 11.1 Å². The minimum Gasteiger partial charge on any atom is -0.466 e. The van der Waals surface area contributed by atoms with Crippen LogP contribution in [0.15, 0.2) is 0 Å². The van der Waals surface area contributed by atoms with E-state index in [4.69, 9.17) is 10.5 Å². The summed E-state index contributed by atoms with van der Waals surface area (Å²) >= 11 is 0. The summed E-state index contributed by atoms with van der Waals surface area (Å²) in [4.78, 5) is 11.5. The summed E-state index contributed by atoms with van der Waals surface area (Å²) in [5, 5.41) is 0. The Morgan fingerprint density at radius 3 is 2.33 bits per heavy atom. The summed E-state index contributed by atoms with van der Waals surface area (Å²) in [5.41, 5.74) is 5.55. The molecule has 0 saturated heterocycles. The fourth-order valence-electron chi connectivity index (χ4n) is 1.91. The van der Waals surface area contributed by atoms with Gasteiger partial charge in [-0.05, 0) is 32.6 Å². The van der Waals surface area contributed by atoms with Gasteiger partial charge in [0.2, 0.25) is 0 Å². The minimum atomic E-state index is -0.275. The highest BCUT2D eigenvalue weighted by molar-refractivity contribution is 5.82. The number of hydrogen-bond donors (Lipinski definition) is 1. The molecule has 0 aromatic rings. The molecule has 0 aromatic heterocycles. The van der Waals surface area contributed by atoms with Crippen molar-refractivity contribution in [2.75, 3.05) is 6.61 Å². The molecule has 2 aliphatic carbocycles. The van der Waals surface area contributed by atoms with Crippen LogP contribution in [-0.2, 0) is 9.53 Å². The minimum absolute atomic E-state index is 0.0648. The Balaban J connectivity index is 2.06. The number of carbonyl (C=O) groups is 1. The molecular formula is C9H15NO2. The van der Waals surface area contributed by atoms with E-state index in [0.29, 0.717) is 6.61 Å². The van der Waals surface area contributed by atoms with E-state index in [-0.39, 0.29) is 16.9 Å². The molecule has 0 amide bonds. The standard InChI is InChI=1S/C9H15NO2/c1-2-12-7(11)8(3-4-8)9(10)5-6-9/h2-6,10H2,1H3. The quantitative estimate of drug-likeness (QED) is 0.636. The third-order valence-corrected chi connectivity index (χ3v) is 3.16. The Bertz CT molecular complexity index is 217. The third kappa shape index (κ3) is 0.891. The van der Waals surface area contributed by atoms with Crippen molar-refractivity contribution >= 4 is 5.97 Å². The topological polar surface area (TPSA) is 52.3 Å². The normalized spacial score (nSPS) is 27.8. The molecule has 0 spiro atoms. The first-order valence-corrected chi connectivity index (χ1v) is 4.61. The molecule has 2 saturated carbocycles. The lowest BCUT2D eigenvalue weighted by atomic mass is 9.95. The summed E-state index contributed by atoms with van der Waals surface area (Å²) in [6.07, 6.45) is 3.85. The molecule has 2 fully saturated rings. The van der Waals surface area contributed by atoms with E-state index in [1.165, 1.54) is 0 Å². The monoisotopic (exact) mass is 169 g/mol. The van der Waals surface area contributed by atoms with Gasteiger partial charge in [0.05, 0.1) is 12.0 Å². The third-order valence-electron chi connectivity index (χ3n) is 3.16. The highest BCUT2D eigenvalue weighted by Gasteiger charge is 2.68. The first kappa shape index (κ1) is 8.05. The van der Waals surface area contributed by atoms with Crippen LogP contribution in [0.1, 0.15) is 32.6 Å². The van der Waals surface area contributed by atoms with Crippen molar-refractivity contribution in [2.45, 2.75) is 38.1 Å². The average molecular weight is 169 g/mol. The van der Waals surface area contributed by atoms with Crippen LogP contribution in [0.3, 0.4) is 0 Å². The second-order valence-corrected chi connectivity index (χ2v) is 3.96. The van der Waals surface area contributed by atoms with Crippen LogP contribution in [0, 0.1) is 5.41 Å². The zero-order valence-electron chi connectivity index (χ0n) is 7.43. The summed E-state index contributed by atoms with van der Waals surface area (Å²) in [7, 11) is 0. The Kier molecular flexibility index (Phi) is 1.49. The lowest BCUT2D eigenvalue weighted by Crippen LogP contribution is -2.40. The van der Waals surface area contributed by atoms with Gasteiger partial charge in [-0.1, -0.05) is 0 Å². The summed E-state index contributed by atoms with van der Waals surface area (Å²) < 4.78 is 5.02. The highest BCUT2D eigenvalue weighted by Crippen LogP contribution is 2.63. The molecule has 0 unspecified atom stereocenters. The van der Waals surface area contributed by atoms with Crippen molar-refractivity contribution in [3.05, 3.63) is 0 Å². The Morgan fingerprint density at radius 2 is 2.00 bits per heavy atom. The van der Waals surface area contributed by atoms with Gasteiger partial charge < -0.3 is 10.5 Å². The fourth-order valence-corrected chi connectivity index (χ4v) is 1.91. The van der Waals surface area contributed by atoms with E-state index < -0.39 is 0 Å². The van der Waals surface area contributed by atoms with Gasteiger partial charge >= 0.3 is 5.97 Å². The van der Waals surface area contributed by atoms with Crippen LogP contribution in [0.4, 0.5) is 0 Å². The molecule has 3 heteroatoms. The second kappa shape index (κ2) is 2.22. The van der Waals surface area contributed by atoms with Gasteiger partial charge in [0.1, 0.15) is 0 Å². The van der Waals surface area contributed by atoms with Gasteiger partial charge in [0.25, 0.3) is 0 Å². The number of esters is 1. The Morgan fingerprint density at radius 1 is 1.42 bits per heavy atom. The maximum absolute atomic E-state index is 11.5. The molecular weight excluding hydrogens is 154 g/mol. The van der Waals surface area contributed by atoms with Gasteiger partial charge in [-0.3, -0.25) is 4.79 Å². The molecule has 0 aliphatic heterocycles. The van der Waals surface area contributed by atoms with Crippen molar-refractivity contribution in [1.82, 2.24) is 0 Å². The smallest absolute Gasteiger partial charge is 0.313 e. The molecule has 0 bridgehead atoms. The van der Waals surface area contributed by atoms with Gasteiger partial charge in [-0.2, -0.15) is 0 Å². The molecule has 68 valence electrons. The molecule has 12 heavy (non-hydrogen) atoms. The van der Waals surface area contributed by atoms with Crippen LogP contribution in [0.25, 0.3) is 0 Å². The molecule has 3 nitrogen and oxygen atoms in total. The zero-order valence-corrected chi connectivity index (χ0v) is 7.43. The van der Waals surface area contributed by atoms with E-state index in [1.807, 2.05) is 6.92 Å². The number of ether oxygens (including phenoxy) is 1. The predicted octanol–water partition coefficient (Wildman–Crippen LogP) is 0.821. The lowest BCUT2D eigenvalue weighted by molar-refractivity contribution is -0.151. The van der Waals surface area contributed by atoms with E-state index in [0.717, 1.165) is 25.7 Å². The molecule has 0 heterocycles. The Hall–Kier alpha value is -0.570. The van der Waals surface area contributed by atoms with E-state index in [2.05, 4.69) is 0 Å². The maximum atomic E-state index is 11.5. The van der Waals surface area contributed by atoms with Gasteiger partial charge in [0.15, 0.2) is 0 Å². The number of carbonyl (C=O) groups excluding carboxylic acids is 1. The SMILES string of the molecule is CCOC(=O)C1(C2(N)CC2)CC1. The predicted molar refractivity (Wildman–Crippen MR) is 44.5 cm³/mol. The van der Waals surface area contributed by atoms with Gasteiger partial charge in [0, 0.05) is 5.54 Å². The van der Waals surface area contributed by atoms with Crippen LogP contribution in [0.5, 0.6) is 0 Å². The number of rotatable bonds is 3. The number of nitrogens with two attached hydrogens (primary N) is 1. The molecule has 0 aromatic carbocycles. The first-order valence-electron chi connectivity index (χ1n) is 4.61. The van der Waals surface area contributed by atoms with Crippen LogP contribution in [-0.4, -0.2) is 18.1 Å². The van der Waals surface area contributed by atoms with Crippen LogP contribution < -0.4 is 5.73 Å². The van der Waals surface area contributed by atoms with Gasteiger partial charge in [-0.15, -0.1) is 0 Å². The van der Waals surface area contributed by atoms with Crippen molar-refractivity contribution < 1.29 is 9.53 Å². The molecule has 0 atom stereocenters. The van der Waals surface area contributed by atoms with Crippen molar-refractivity contribution in [3.8, 4) is 0 Å². The first-order chi connectivity index (χ1) is 5.65. The average Bonchev–Trinajstić information content (AvgIpc) is 2.81. The van der Waals surface area contributed by atoms with Crippen LogP contribution in [0.2, 0.25) is 0 Å². The van der Waals surface area contributed by atoms with E-state index in [1.54, 1.807) is 0 Å². The molecule has 2 rings (SSSR count). The summed E-state index contributed by atoms with van der Waals surface area (Å²) in [5.74, 6) is -0.0648. The second-order valence-electron chi connectivity index (χ2n) is 3.96. The van der Waals surface area contributed by atoms with E-state index >= 15 is 0 Å². The van der Waals surface area contributed by atoms with E-state index in [9.17, 15) is 4.79 Å². The maximum Gasteiger partial charge on any atom is 0.313 e. The van der Waals surface area contributed by atoms with Crippen LogP contribution >= 0.6 is 0 Å².